The van der Waals surface area contributed by atoms with Crippen LogP contribution < -0.4 is 0 Å². The highest BCUT2D eigenvalue weighted by Gasteiger charge is 2.43. The summed E-state index contributed by atoms with van der Waals surface area (Å²) in [5.74, 6) is -0.743. The molecule has 1 aliphatic heterocycles. The number of esters is 1. The van der Waals surface area contributed by atoms with E-state index in [-0.39, 0.29) is 24.5 Å². The van der Waals surface area contributed by atoms with Gasteiger partial charge in [0.25, 0.3) is 5.91 Å². The summed E-state index contributed by atoms with van der Waals surface area (Å²) in [5.41, 5.74) is 4.73. The number of benzene rings is 4. The third kappa shape index (κ3) is 4.63. The fourth-order valence-electron chi connectivity index (χ4n) is 5.62. The summed E-state index contributed by atoms with van der Waals surface area (Å²) in [5, 5.41) is 8.19. The highest BCUT2D eigenvalue weighted by atomic mass is 16.5. The molecule has 0 aromatic heterocycles. The van der Waals surface area contributed by atoms with Crippen molar-refractivity contribution in [1.82, 2.24) is 5.01 Å². The molecule has 5 nitrogen and oxygen atoms in total. The van der Waals surface area contributed by atoms with E-state index in [1.807, 2.05) is 84.9 Å². The highest BCUT2D eigenvalue weighted by Crippen LogP contribution is 2.44. The van der Waals surface area contributed by atoms with Gasteiger partial charge in [-0.3, -0.25) is 4.79 Å². The Morgan fingerprint density at radius 3 is 2.39 bits per heavy atom. The van der Waals surface area contributed by atoms with Crippen molar-refractivity contribution in [2.75, 3.05) is 6.61 Å². The first kappa shape index (κ1) is 23.9. The maximum absolute atomic E-state index is 13.6. The molecule has 1 heterocycles. The Hall–Kier alpha value is -4.51. The molecule has 6 rings (SSSR count). The van der Waals surface area contributed by atoms with E-state index in [1.54, 1.807) is 11.1 Å². The van der Waals surface area contributed by atoms with Gasteiger partial charge in [-0.05, 0) is 58.9 Å². The predicted molar refractivity (Wildman–Crippen MR) is 149 cm³/mol. The normalized spacial score (nSPS) is 19.7. The number of fused-ring (bicyclic) bond motifs is 2. The number of nitrogens with zero attached hydrogens (tertiary/aromatic N) is 2. The van der Waals surface area contributed by atoms with Gasteiger partial charge >= 0.3 is 5.97 Å². The topological polar surface area (TPSA) is 59.0 Å². The molecule has 0 radical (unpaired) electrons. The van der Waals surface area contributed by atoms with Gasteiger partial charge < -0.3 is 4.74 Å². The minimum atomic E-state index is -0.514. The molecule has 1 aliphatic carbocycles. The molecule has 4 aromatic rings. The second-order valence-electron chi connectivity index (χ2n) is 9.76. The van der Waals surface area contributed by atoms with Crippen LogP contribution >= 0.6 is 0 Å². The Morgan fingerprint density at radius 2 is 1.58 bits per heavy atom. The lowest BCUT2D eigenvalue weighted by Gasteiger charge is -2.29. The van der Waals surface area contributed by atoms with Crippen molar-refractivity contribution in [2.45, 2.75) is 25.3 Å². The molecule has 1 amide bonds. The monoisotopic (exact) mass is 500 g/mol. The first-order valence-electron chi connectivity index (χ1n) is 13.1. The second kappa shape index (κ2) is 10.5. The number of rotatable bonds is 5. The van der Waals surface area contributed by atoms with E-state index in [0.717, 1.165) is 52.4 Å². The molecule has 2 aliphatic rings. The molecule has 38 heavy (non-hydrogen) atoms. The molecule has 2 unspecified atom stereocenters. The van der Waals surface area contributed by atoms with Gasteiger partial charge in [0.15, 0.2) is 6.61 Å². The molecule has 0 N–H and O–H groups in total. The van der Waals surface area contributed by atoms with Gasteiger partial charge in [-0.2, -0.15) is 5.10 Å². The van der Waals surface area contributed by atoms with Gasteiger partial charge in [0.05, 0.1) is 17.3 Å². The second-order valence-corrected chi connectivity index (χ2v) is 9.76. The van der Waals surface area contributed by atoms with E-state index in [0.29, 0.717) is 5.56 Å². The van der Waals surface area contributed by atoms with Gasteiger partial charge in [-0.15, -0.1) is 0 Å². The van der Waals surface area contributed by atoms with Crippen LogP contribution in [0.4, 0.5) is 0 Å². The third-order valence-corrected chi connectivity index (χ3v) is 7.37. The fraction of sp³-hybridized carbons (Fsp3) is 0.182. The minimum absolute atomic E-state index is 0.0961. The average molecular weight is 501 g/mol. The highest BCUT2D eigenvalue weighted by molar-refractivity contribution is 6.08. The van der Waals surface area contributed by atoms with Crippen LogP contribution in [0.25, 0.3) is 16.8 Å². The quantitative estimate of drug-likeness (QED) is 0.283. The number of ether oxygens (including phenoxy) is 1. The van der Waals surface area contributed by atoms with E-state index < -0.39 is 5.97 Å². The molecule has 4 aromatic carbocycles. The lowest BCUT2D eigenvalue weighted by atomic mass is 9.77. The van der Waals surface area contributed by atoms with Crippen molar-refractivity contribution in [2.24, 2.45) is 11.0 Å². The Labute approximate surface area is 222 Å². The van der Waals surface area contributed by atoms with Crippen LogP contribution in [0.1, 0.15) is 46.8 Å². The summed E-state index contributed by atoms with van der Waals surface area (Å²) >= 11 is 0. The molecule has 0 spiro atoms. The standard InChI is InChI=1S/C33H28N2O3/c36-30(22-38-33(37)28-19-9-16-24-13-7-8-18-27(24)28)35-32(25-14-5-2-6-15-25)29-20-10-17-26(31(29)34-35)21-23-11-3-1-4-12-23/h1-9,11-16,18-19,21,29,32H,10,17,20,22H2. The van der Waals surface area contributed by atoms with Crippen molar-refractivity contribution in [3.05, 3.63) is 125 Å². The molecule has 0 bridgehead atoms. The Kier molecular flexibility index (Phi) is 6.57. The Morgan fingerprint density at radius 1 is 0.868 bits per heavy atom. The van der Waals surface area contributed by atoms with Gasteiger partial charge in [-0.25, -0.2) is 9.80 Å². The molecular weight excluding hydrogens is 472 g/mol. The number of carbonyl (C=O) groups is 2. The molecular formula is C33H28N2O3. The summed E-state index contributed by atoms with van der Waals surface area (Å²) < 4.78 is 5.56. The number of allylic oxidation sites excluding steroid dienone is 1. The van der Waals surface area contributed by atoms with Crippen LogP contribution in [0, 0.1) is 5.92 Å². The first-order valence-corrected chi connectivity index (χ1v) is 13.1. The number of amides is 1. The van der Waals surface area contributed by atoms with Crippen molar-refractivity contribution in [1.29, 1.82) is 0 Å². The summed E-state index contributed by atoms with van der Waals surface area (Å²) in [7, 11) is 0. The molecule has 1 saturated carbocycles. The van der Waals surface area contributed by atoms with Crippen LogP contribution in [0.15, 0.2) is 114 Å². The van der Waals surface area contributed by atoms with Gasteiger partial charge in [0.1, 0.15) is 0 Å². The zero-order valence-electron chi connectivity index (χ0n) is 21.0. The van der Waals surface area contributed by atoms with E-state index in [9.17, 15) is 9.59 Å². The zero-order chi connectivity index (χ0) is 25.9. The van der Waals surface area contributed by atoms with Gasteiger partial charge in [-0.1, -0.05) is 97.1 Å². The van der Waals surface area contributed by atoms with E-state index in [4.69, 9.17) is 9.84 Å². The summed E-state index contributed by atoms with van der Waals surface area (Å²) in [6.07, 6.45) is 5.08. The number of carbonyl (C=O) groups excluding carboxylic acids is 2. The largest absolute Gasteiger partial charge is 0.452 e. The van der Waals surface area contributed by atoms with Crippen LogP contribution in [-0.2, 0) is 9.53 Å². The van der Waals surface area contributed by atoms with Gasteiger partial charge in [0, 0.05) is 5.92 Å². The summed E-state index contributed by atoms with van der Waals surface area (Å²) in [4.78, 5) is 26.6. The van der Waals surface area contributed by atoms with E-state index >= 15 is 0 Å². The van der Waals surface area contributed by atoms with Crippen molar-refractivity contribution < 1.29 is 14.3 Å². The van der Waals surface area contributed by atoms with Crippen LogP contribution in [-0.4, -0.2) is 29.2 Å². The number of hydrazone groups is 1. The van der Waals surface area contributed by atoms with Crippen LogP contribution in [0.2, 0.25) is 0 Å². The predicted octanol–water partition coefficient (Wildman–Crippen LogP) is 6.82. The van der Waals surface area contributed by atoms with Crippen LogP contribution in [0.3, 0.4) is 0 Å². The van der Waals surface area contributed by atoms with Crippen molar-refractivity contribution in [3.8, 4) is 0 Å². The smallest absolute Gasteiger partial charge is 0.339 e. The molecule has 1 fully saturated rings. The Bertz CT molecular complexity index is 1540. The molecule has 5 heteroatoms. The summed E-state index contributed by atoms with van der Waals surface area (Å²) in [6.45, 7) is -0.368. The third-order valence-electron chi connectivity index (χ3n) is 7.37. The Balaban J connectivity index is 1.28. The van der Waals surface area contributed by atoms with Gasteiger partial charge in [0.2, 0.25) is 0 Å². The van der Waals surface area contributed by atoms with E-state index in [2.05, 4.69) is 18.2 Å². The molecule has 2 atom stereocenters. The average Bonchev–Trinajstić information content (AvgIpc) is 3.37. The van der Waals surface area contributed by atoms with E-state index in [1.165, 1.54) is 0 Å². The maximum atomic E-state index is 13.6. The minimum Gasteiger partial charge on any atom is -0.452 e. The van der Waals surface area contributed by atoms with Crippen molar-refractivity contribution in [3.63, 3.8) is 0 Å². The lowest BCUT2D eigenvalue weighted by Crippen LogP contribution is -2.34. The zero-order valence-corrected chi connectivity index (χ0v) is 21.0. The molecule has 188 valence electrons. The number of hydrogen-bond acceptors (Lipinski definition) is 4. The maximum Gasteiger partial charge on any atom is 0.339 e. The van der Waals surface area contributed by atoms with Crippen LogP contribution in [0.5, 0.6) is 0 Å². The first-order chi connectivity index (χ1) is 18.7. The lowest BCUT2D eigenvalue weighted by molar-refractivity contribution is -0.137. The number of hydrogen-bond donors (Lipinski definition) is 0. The summed E-state index contributed by atoms with van der Waals surface area (Å²) in [6, 6.07) is 33.2. The SMILES string of the molecule is O=C(OCC(=O)N1N=C2C(=Cc3ccccc3)CCCC2C1c1ccccc1)c1cccc2ccccc12. The van der Waals surface area contributed by atoms with Crippen molar-refractivity contribution >= 4 is 34.4 Å². The fourth-order valence-corrected chi connectivity index (χ4v) is 5.62. The molecule has 0 saturated heterocycles.